The Hall–Kier alpha value is -3.89. The summed E-state index contributed by atoms with van der Waals surface area (Å²) < 4.78 is 40.2. The number of nitrogens with zero attached hydrogens (tertiary/aromatic N) is 4. The summed E-state index contributed by atoms with van der Waals surface area (Å²) >= 11 is 0. The molecule has 0 bridgehead atoms. The van der Waals surface area contributed by atoms with Gasteiger partial charge >= 0.3 is 5.97 Å². The van der Waals surface area contributed by atoms with Crippen molar-refractivity contribution in [3.05, 3.63) is 49.2 Å². The Morgan fingerprint density at radius 1 is 1.08 bits per heavy atom. The van der Waals surface area contributed by atoms with E-state index in [1.807, 2.05) is 83.3 Å². The lowest BCUT2D eigenvalue weighted by Crippen LogP contribution is -2.52. The van der Waals surface area contributed by atoms with Crippen LogP contribution >= 0.6 is 0 Å². The van der Waals surface area contributed by atoms with Gasteiger partial charge < -0.3 is 34.4 Å². The highest BCUT2D eigenvalue weighted by Crippen LogP contribution is 2.33. The molecule has 4 rings (SSSR count). The fourth-order valence-corrected chi connectivity index (χ4v) is 7.45. The Bertz CT molecular complexity index is 1590. The molecule has 61 heavy (non-hydrogen) atoms. The molecule has 0 amide bonds. The number of pyridine rings is 1. The zero-order valence-electron chi connectivity index (χ0n) is 38.8. The van der Waals surface area contributed by atoms with E-state index in [2.05, 4.69) is 32.4 Å². The minimum Gasteiger partial charge on any atom is -0.481 e. The number of hydrogen-bond donors (Lipinski definition) is 2. The van der Waals surface area contributed by atoms with Crippen LogP contribution in [0, 0.1) is 23.7 Å². The number of esters is 1. The van der Waals surface area contributed by atoms with Crippen molar-refractivity contribution in [3.63, 3.8) is 0 Å². The molecule has 10 atom stereocenters. The maximum Gasteiger partial charge on any atom is 0.353 e. The van der Waals surface area contributed by atoms with Crippen molar-refractivity contribution in [2.45, 2.75) is 157 Å². The first kappa shape index (κ1) is 55.1. The maximum absolute atomic E-state index is 16.0. The second-order valence-electron chi connectivity index (χ2n) is 16.4. The monoisotopic (exact) mass is 862 g/mol. The Morgan fingerprint density at radius 3 is 2.30 bits per heavy atom. The van der Waals surface area contributed by atoms with Gasteiger partial charge in [-0.2, -0.15) is 0 Å². The van der Waals surface area contributed by atoms with E-state index in [1.165, 1.54) is 19.3 Å². The van der Waals surface area contributed by atoms with Gasteiger partial charge in [0.25, 0.3) is 11.6 Å². The van der Waals surface area contributed by atoms with Gasteiger partial charge in [-0.25, -0.2) is 14.2 Å². The molecule has 15 heteroatoms. The summed E-state index contributed by atoms with van der Waals surface area (Å²) in [6.07, 6.45) is 14.7. The van der Waals surface area contributed by atoms with Gasteiger partial charge in [0.05, 0.1) is 24.2 Å². The molecule has 14 nitrogen and oxygen atoms in total. The molecule has 0 aliphatic carbocycles. The number of aromatic nitrogens is 3. The van der Waals surface area contributed by atoms with E-state index in [0.717, 1.165) is 31.6 Å². The first-order valence-electron chi connectivity index (χ1n) is 21.7. The number of nitrogens with two attached hydrogens (primary N) is 1. The molecule has 2 saturated heterocycles. The minimum absolute atomic E-state index is 0.0817. The number of carboxylic acid groups (broad SMARTS) is 1. The minimum atomic E-state index is -2.87. The number of ketones is 2. The highest BCUT2D eigenvalue weighted by molar-refractivity contribution is 6.07. The number of allylic oxidation sites excluding steroid dienone is 1. The standard InChI is InChI=1S/C29H49FN2O6.C13H17N3.C2H4O2.C2H6O/c1-9-11-12-32-16-19(5)25(33)17(3)13-18(4)26(38-24-15-22(31)14-20(6)36-24)21(7)27(34)29(8,30)28(35)37-23(32)10-2;1-2-3-4-8-16-10-13(15-11-16)12-6-5-7-14-9-12;1-2(3)4;1-3-2/h9,11,17-24,26H,10,12-16,31H2,1-8H3;5-7,9-11H,2-4,8H2,1H3;1H3,(H,3,4);1-2H3/b11-9-;;;/t17-,18+,19-,20-,21-,22+,23-,24+,26+,29+;;;/m1.../s1. The van der Waals surface area contributed by atoms with Crippen LogP contribution in [0.5, 0.6) is 0 Å². The lowest BCUT2D eigenvalue weighted by atomic mass is 9.79. The SMILES string of the molecule is C/C=C\CN1C[C@@H](C)C(=O)[C@H](C)C[C@H](C)[C@H](O[C@H]2C[C@@H](N)C[C@@H](C)O2)[C@@H](C)C(=O)[C@](C)(F)C(=O)O[C@@H]1CC.CC(=O)O.CCCCCn1cnc(-c2cccnc2)c1.COC. The number of Topliss-reactive ketones (excluding diaryl/α,β-unsaturated/α-hetero) is 2. The van der Waals surface area contributed by atoms with Gasteiger partial charge in [0.15, 0.2) is 18.3 Å². The van der Waals surface area contributed by atoms with Crippen molar-refractivity contribution in [1.29, 1.82) is 0 Å². The molecule has 0 unspecified atom stereocenters. The summed E-state index contributed by atoms with van der Waals surface area (Å²) in [6.45, 7) is 18.9. The highest BCUT2D eigenvalue weighted by Gasteiger charge is 2.50. The first-order valence-corrected chi connectivity index (χ1v) is 21.7. The molecule has 2 aliphatic rings. The topological polar surface area (TPSA) is 185 Å². The summed E-state index contributed by atoms with van der Waals surface area (Å²) in [6, 6.07) is 3.85. The number of hydrogen-bond acceptors (Lipinski definition) is 12. The fraction of sp³-hybridized carbons (Fsp3) is 0.696. The first-order chi connectivity index (χ1) is 28.8. The molecule has 2 aliphatic heterocycles. The summed E-state index contributed by atoms with van der Waals surface area (Å²) in [5.74, 6) is -4.83. The molecular weight excluding hydrogens is 786 g/mol. The van der Waals surface area contributed by atoms with Crippen LogP contribution < -0.4 is 5.73 Å². The van der Waals surface area contributed by atoms with Gasteiger partial charge in [-0.1, -0.05) is 66.5 Å². The lowest BCUT2D eigenvalue weighted by molar-refractivity contribution is -0.231. The van der Waals surface area contributed by atoms with Crippen molar-refractivity contribution >= 4 is 23.5 Å². The summed E-state index contributed by atoms with van der Waals surface area (Å²) in [5, 5.41) is 7.42. The number of imidazole rings is 1. The van der Waals surface area contributed by atoms with E-state index in [-0.39, 0.29) is 35.7 Å². The number of aliphatic carboxylic acids is 1. The van der Waals surface area contributed by atoms with Crippen LogP contribution in [0.3, 0.4) is 0 Å². The van der Waals surface area contributed by atoms with Crippen molar-refractivity contribution in [2.75, 3.05) is 27.3 Å². The molecule has 2 aromatic rings. The van der Waals surface area contributed by atoms with Crippen LogP contribution in [0.25, 0.3) is 11.3 Å². The van der Waals surface area contributed by atoms with E-state index in [4.69, 9.17) is 29.8 Å². The number of halogens is 1. The lowest BCUT2D eigenvalue weighted by Gasteiger charge is -2.39. The molecule has 0 spiro atoms. The molecule has 0 saturated carbocycles. The number of cyclic esters (lactones) is 1. The number of aryl methyl sites for hydroxylation is 1. The van der Waals surface area contributed by atoms with Crippen molar-refractivity contribution in [3.8, 4) is 11.3 Å². The average Bonchev–Trinajstić information content (AvgIpc) is 3.68. The molecule has 3 N–H and O–H groups in total. The number of carboxylic acids is 1. The van der Waals surface area contributed by atoms with Gasteiger partial charge in [0.1, 0.15) is 5.78 Å². The third-order valence-corrected chi connectivity index (χ3v) is 10.5. The molecule has 0 aromatic carbocycles. The smallest absolute Gasteiger partial charge is 0.353 e. The van der Waals surface area contributed by atoms with E-state index in [0.29, 0.717) is 38.8 Å². The number of carbonyl (C=O) groups is 4. The van der Waals surface area contributed by atoms with Crippen molar-refractivity contribution in [2.24, 2.45) is 29.4 Å². The fourth-order valence-electron chi connectivity index (χ4n) is 7.45. The van der Waals surface area contributed by atoms with Gasteiger partial charge in [-0.3, -0.25) is 24.3 Å². The Kier molecular flexibility index (Phi) is 25.9. The zero-order valence-corrected chi connectivity index (χ0v) is 38.8. The average molecular weight is 862 g/mol. The Morgan fingerprint density at radius 2 is 1.74 bits per heavy atom. The van der Waals surface area contributed by atoms with Crippen molar-refractivity contribution in [1.82, 2.24) is 19.4 Å². The van der Waals surface area contributed by atoms with E-state index in [9.17, 15) is 14.4 Å². The number of ether oxygens (including phenoxy) is 4. The van der Waals surface area contributed by atoms with Crippen molar-refractivity contribution < 1.29 is 47.6 Å². The van der Waals surface area contributed by atoms with Gasteiger partial charge in [0, 0.05) is 95.1 Å². The number of unbranched alkanes of at least 4 members (excludes halogenated alkanes) is 2. The maximum atomic E-state index is 16.0. The molecule has 4 heterocycles. The quantitative estimate of drug-likeness (QED) is 0.103. The number of alkyl halides is 1. The van der Waals surface area contributed by atoms with E-state index in [1.54, 1.807) is 27.3 Å². The molecular formula is C46H76FN5O9. The highest BCUT2D eigenvalue weighted by atomic mass is 19.1. The van der Waals surface area contributed by atoms with Gasteiger partial charge in [0.2, 0.25) is 0 Å². The summed E-state index contributed by atoms with van der Waals surface area (Å²) in [5.41, 5.74) is 5.39. The second-order valence-corrected chi connectivity index (χ2v) is 16.4. The second kappa shape index (κ2) is 28.7. The van der Waals surface area contributed by atoms with Gasteiger partial charge in [-0.15, -0.1) is 0 Å². The van der Waals surface area contributed by atoms with Crippen LogP contribution in [0.2, 0.25) is 0 Å². The predicted octanol–water partition coefficient (Wildman–Crippen LogP) is 7.68. The van der Waals surface area contributed by atoms with Crippen LogP contribution in [-0.4, -0.2) is 112 Å². The third-order valence-electron chi connectivity index (χ3n) is 10.5. The number of methoxy groups -OCH3 is 1. The molecule has 2 aromatic heterocycles. The Balaban J connectivity index is 0.000000659. The summed E-state index contributed by atoms with van der Waals surface area (Å²) in [4.78, 5) is 59.4. The molecule has 2 fully saturated rings. The summed E-state index contributed by atoms with van der Waals surface area (Å²) in [7, 11) is 3.25. The van der Waals surface area contributed by atoms with E-state index >= 15 is 4.39 Å². The van der Waals surface area contributed by atoms with Crippen LogP contribution in [0.4, 0.5) is 4.39 Å². The van der Waals surface area contributed by atoms with Gasteiger partial charge in [-0.05, 0) is 64.5 Å². The number of rotatable bonds is 10. The van der Waals surface area contributed by atoms with Crippen LogP contribution in [-0.2, 0) is 44.7 Å². The Labute approximate surface area is 364 Å². The molecule has 0 radical (unpaired) electrons. The zero-order chi connectivity index (χ0) is 46.3. The third kappa shape index (κ3) is 19.4. The predicted molar refractivity (Wildman–Crippen MR) is 235 cm³/mol. The molecule has 346 valence electrons. The van der Waals surface area contributed by atoms with Crippen LogP contribution in [0.1, 0.15) is 114 Å². The van der Waals surface area contributed by atoms with E-state index < -0.39 is 47.9 Å². The largest absolute Gasteiger partial charge is 0.481 e. The normalized spacial score (nSPS) is 29.1. The van der Waals surface area contributed by atoms with Crippen LogP contribution in [0.15, 0.2) is 49.2 Å². The number of carbonyl (C=O) groups excluding carboxylic acids is 3.